The summed E-state index contributed by atoms with van der Waals surface area (Å²) in [5.74, 6) is 0. The molecule has 0 spiro atoms. The molecular formula is C13H18N2. The summed E-state index contributed by atoms with van der Waals surface area (Å²) >= 11 is 0. The fourth-order valence-corrected chi connectivity index (χ4v) is 1.90. The molecule has 2 N–H and O–H groups in total. The van der Waals surface area contributed by atoms with Crippen LogP contribution in [0.3, 0.4) is 0 Å². The van der Waals surface area contributed by atoms with Crippen molar-refractivity contribution in [2.75, 3.05) is 0 Å². The number of nitrogens with two attached hydrogens (primary N) is 1. The molecule has 0 atom stereocenters. The first-order chi connectivity index (χ1) is 6.96. The third kappa shape index (κ3) is 2.21. The summed E-state index contributed by atoms with van der Waals surface area (Å²) in [4.78, 5) is 0. The molecule has 80 valence electrons. The molecule has 0 aliphatic carbocycles. The van der Waals surface area contributed by atoms with Crippen molar-refractivity contribution < 1.29 is 0 Å². The van der Waals surface area contributed by atoms with Gasteiger partial charge in [0.05, 0.1) is 0 Å². The first-order valence-corrected chi connectivity index (χ1v) is 5.30. The Labute approximate surface area is 90.7 Å². The highest BCUT2D eigenvalue weighted by molar-refractivity contribution is 5.80. The smallest absolute Gasteiger partial charge is 0.0481 e. The van der Waals surface area contributed by atoms with Crippen molar-refractivity contribution in [1.29, 1.82) is 0 Å². The maximum Gasteiger partial charge on any atom is 0.0481 e. The summed E-state index contributed by atoms with van der Waals surface area (Å²) in [6, 6.07) is 8.65. The molecule has 0 unspecified atom stereocenters. The van der Waals surface area contributed by atoms with E-state index in [4.69, 9.17) is 5.73 Å². The van der Waals surface area contributed by atoms with Gasteiger partial charge in [0, 0.05) is 23.8 Å². The molecule has 0 bridgehead atoms. The van der Waals surface area contributed by atoms with E-state index < -0.39 is 0 Å². The fraction of sp³-hybridized carbons (Fsp3) is 0.385. The van der Waals surface area contributed by atoms with Gasteiger partial charge in [-0.25, -0.2) is 0 Å². The average molecular weight is 202 g/mol. The van der Waals surface area contributed by atoms with Crippen LogP contribution in [-0.2, 0) is 6.54 Å². The molecule has 2 rings (SSSR count). The summed E-state index contributed by atoms with van der Waals surface area (Å²) in [5, 5.41) is 1.29. The van der Waals surface area contributed by atoms with E-state index in [-0.39, 0.29) is 5.54 Å². The minimum Gasteiger partial charge on any atom is -0.346 e. The van der Waals surface area contributed by atoms with Crippen LogP contribution in [0.2, 0.25) is 0 Å². The van der Waals surface area contributed by atoms with Gasteiger partial charge in [0.1, 0.15) is 0 Å². The van der Waals surface area contributed by atoms with E-state index in [0.717, 1.165) is 6.54 Å². The zero-order valence-corrected chi connectivity index (χ0v) is 9.62. The van der Waals surface area contributed by atoms with Crippen molar-refractivity contribution in [2.24, 2.45) is 5.73 Å². The first-order valence-electron chi connectivity index (χ1n) is 5.30. The van der Waals surface area contributed by atoms with Crippen molar-refractivity contribution >= 4 is 10.9 Å². The van der Waals surface area contributed by atoms with E-state index in [9.17, 15) is 0 Å². The van der Waals surface area contributed by atoms with Crippen LogP contribution in [0.4, 0.5) is 0 Å². The van der Waals surface area contributed by atoms with E-state index in [1.165, 1.54) is 16.5 Å². The molecule has 2 heteroatoms. The largest absolute Gasteiger partial charge is 0.346 e. The predicted molar refractivity (Wildman–Crippen MR) is 64.9 cm³/mol. The van der Waals surface area contributed by atoms with Crippen LogP contribution < -0.4 is 5.73 Å². The molecular weight excluding hydrogens is 184 g/mol. The highest BCUT2D eigenvalue weighted by Crippen LogP contribution is 2.18. The Kier molecular flexibility index (Phi) is 2.31. The Balaban J connectivity index is 2.45. The molecule has 0 aliphatic heterocycles. The van der Waals surface area contributed by atoms with Crippen LogP contribution in [-0.4, -0.2) is 10.1 Å². The summed E-state index contributed by atoms with van der Waals surface area (Å²) < 4.78 is 2.22. The van der Waals surface area contributed by atoms with Crippen LogP contribution in [0.25, 0.3) is 10.9 Å². The van der Waals surface area contributed by atoms with E-state index in [2.05, 4.69) is 42.0 Å². The first kappa shape index (κ1) is 10.2. The van der Waals surface area contributed by atoms with Crippen molar-refractivity contribution in [1.82, 2.24) is 4.57 Å². The monoisotopic (exact) mass is 202 g/mol. The lowest BCUT2D eigenvalue weighted by Gasteiger charge is -2.20. The standard InChI is InChI=1S/C13H18N2/c1-10-4-5-12-11(8-10)6-7-15(12)9-13(2,3)14/h4-8H,9,14H2,1-3H3. The van der Waals surface area contributed by atoms with Crippen LogP contribution in [0, 0.1) is 6.92 Å². The summed E-state index contributed by atoms with van der Waals surface area (Å²) in [6.07, 6.45) is 2.11. The predicted octanol–water partition coefficient (Wildman–Crippen LogP) is 2.69. The average Bonchev–Trinajstić information content (AvgIpc) is 2.45. The van der Waals surface area contributed by atoms with Gasteiger partial charge in [-0.3, -0.25) is 0 Å². The van der Waals surface area contributed by atoms with Gasteiger partial charge < -0.3 is 10.3 Å². The second-order valence-corrected chi connectivity index (χ2v) is 4.99. The van der Waals surface area contributed by atoms with Crippen molar-refractivity contribution in [3.63, 3.8) is 0 Å². The normalized spacial score (nSPS) is 12.3. The van der Waals surface area contributed by atoms with E-state index in [0.29, 0.717) is 0 Å². The number of rotatable bonds is 2. The molecule has 0 saturated heterocycles. The maximum atomic E-state index is 6.03. The summed E-state index contributed by atoms with van der Waals surface area (Å²) in [5.41, 5.74) is 8.42. The lowest BCUT2D eigenvalue weighted by molar-refractivity contribution is 0.441. The van der Waals surface area contributed by atoms with E-state index >= 15 is 0 Å². The fourth-order valence-electron chi connectivity index (χ4n) is 1.90. The van der Waals surface area contributed by atoms with E-state index in [1.54, 1.807) is 0 Å². The highest BCUT2D eigenvalue weighted by atomic mass is 15.0. The quantitative estimate of drug-likeness (QED) is 0.797. The number of benzene rings is 1. The number of nitrogens with zero attached hydrogens (tertiary/aromatic N) is 1. The SMILES string of the molecule is Cc1ccc2c(ccn2CC(C)(C)N)c1. The van der Waals surface area contributed by atoms with Gasteiger partial charge in [0.2, 0.25) is 0 Å². The molecule has 0 saturated carbocycles. The highest BCUT2D eigenvalue weighted by Gasteiger charge is 2.12. The lowest BCUT2D eigenvalue weighted by Crippen LogP contribution is -2.36. The van der Waals surface area contributed by atoms with Crippen LogP contribution in [0.5, 0.6) is 0 Å². The van der Waals surface area contributed by atoms with Gasteiger partial charge in [0.25, 0.3) is 0 Å². The second kappa shape index (κ2) is 3.38. The number of hydrogen-bond acceptors (Lipinski definition) is 1. The molecule has 0 radical (unpaired) electrons. The van der Waals surface area contributed by atoms with Gasteiger partial charge >= 0.3 is 0 Å². The molecule has 2 nitrogen and oxygen atoms in total. The summed E-state index contributed by atoms with van der Waals surface area (Å²) in [7, 11) is 0. The second-order valence-electron chi connectivity index (χ2n) is 4.99. The zero-order valence-electron chi connectivity index (χ0n) is 9.62. The maximum absolute atomic E-state index is 6.03. The molecule has 0 amide bonds. The van der Waals surface area contributed by atoms with Crippen LogP contribution in [0.15, 0.2) is 30.5 Å². The van der Waals surface area contributed by atoms with Crippen molar-refractivity contribution in [3.8, 4) is 0 Å². The molecule has 15 heavy (non-hydrogen) atoms. The topological polar surface area (TPSA) is 30.9 Å². The number of aromatic nitrogens is 1. The van der Waals surface area contributed by atoms with Gasteiger partial charge in [-0.05, 0) is 44.4 Å². The Morgan fingerprint density at radius 1 is 1.27 bits per heavy atom. The summed E-state index contributed by atoms with van der Waals surface area (Å²) in [6.45, 7) is 7.06. The Hall–Kier alpha value is -1.28. The van der Waals surface area contributed by atoms with Gasteiger partial charge in [-0.2, -0.15) is 0 Å². The van der Waals surface area contributed by atoms with Gasteiger partial charge in [0.15, 0.2) is 0 Å². The Bertz CT molecular complexity index is 475. The van der Waals surface area contributed by atoms with Gasteiger partial charge in [-0.15, -0.1) is 0 Å². The van der Waals surface area contributed by atoms with Crippen molar-refractivity contribution in [3.05, 3.63) is 36.0 Å². The third-order valence-corrected chi connectivity index (χ3v) is 2.50. The molecule has 0 fully saturated rings. The lowest BCUT2D eigenvalue weighted by atomic mass is 10.1. The number of fused-ring (bicyclic) bond motifs is 1. The minimum atomic E-state index is -0.170. The molecule has 1 aromatic carbocycles. The van der Waals surface area contributed by atoms with Crippen LogP contribution in [0.1, 0.15) is 19.4 Å². The van der Waals surface area contributed by atoms with Gasteiger partial charge in [-0.1, -0.05) is 11.6 Å². The van der Waals surface area contributed by atoms with Crippen LogP contribution >= 0.6 is 0 Å². The molecule has 1 aromatic heterocycles. The third-order valence-electron chi connectivity index (χ3n) is 2.50. The molecule has 2 aromatic rings. The van der Waals surface area contributed by atoms with E-state index in [1.807, 2.05) is 13.8 Å². The zero-order chi connectivity index (χ0) is 11.1. The molecule has 0 aliphatic rings. The number of aryl methyl sites for hydroxylation is 1. The Morgan fingerprint density at radius 3 is 2.67 bits per heavy atom. The Morgan fingerprint density at radius 2 is 2.00 bits per heavy atom. The van der Waals surface area contributed by atoms with Crippen molar-refractivity contribution in [2.45, 2.75) is 32.9 Å². The molecule has 1 heterocycles. The minimum absolute atomic E-state index is 0.170. The number of hydrogen-bond donors (Lipinski definition) is 1.